The second kappa shape index (κ2) is 9.88. The highest BCUT2D eigenvalue weighted by molar-refractivity contribution is 5.80. The number of aliphatic imine (C=N–C) groups is 1. The van der Waals surface area contributed by atoms with Crippen LogP contribution in [0.3, 0.4) is 0 Å². The van der Waals surface area contributed by atoms with E-state index in [-0.39, 0.29) is 11.7 Å². The lowest BCUT2D eigenvalue weighted by molar-refractivity contribution is -0.131. The van der Waals surface area contributed by atoms with E-state index >= 15 is 0 Å². The molecule has 1 aliphatic rings. The van der Waals surface area contributed by atoms with Gasteiger partial charge in [0.05, 0.1) is 0 Å². The minimum absolute atomic E-state index is 0.192. The van der Waals surface area contributed by atoms with Crippen LogP contribution >= 0.6 is 0 Å². The molecule has 0 bridgehead atoms. The Labute approximate surface area is 165 Å². The number of rotatable bonds is 7. The fourth-order valence-corrected chi connectivity index (χ4v) is 3.31. The number of benzene rings is 2. The molecule has 0 spiro atoms. The maximum atomic E-state index is 12.9. The summed E-state index contributed by atoms with van der Waals surface area (Å²) in [6.07, 6.45) is 2.06. The third kappa shape index (κ3) is 5.55. The average molecular weight is 382 g/mol. The Balaban J connectivity index is 1.31. The lowest BCUT2D eigenvalue weighted by Gasteiger charge is -2.16. The van der Waals surface area contributed by atoms with E-state index in [2.05, 4.69) is 27.8 Å². The summed E-state index contributed by atoms with van der Waals surface area (Å²) < 4.78 is 12.9. The smallest absolute Gasteiger partial charge is 0.223 e. The number of hydrogen-bond acceptors (Lipinski definition) is 2. The molecule has 2 N–H and O–H groups in total. The normalized spacial score (nSPS) is 13.4. The van der Waals surface area contributed by atoms with Crippen molar-refractivity contribution in [1.29, 1.82) is 0 Å². The van der Waals surface area contributed by atoms with Crippen LogP contribution in [0, 0.1) is 5.82 Å². The van der Waals surface area contributed by atoms with Crippen molar-refractivity contribution in [2.75, 3.05) is 20.1 Å². The number of carbonyl (C=O) groups is 1. The number of nitrogens with zero attached hydrogens (tertiary/aromatic N) is 2. The zero-order valence-corrected chi connectivity index (χ0v) is 16.2. The quantitative estimate of drug-likeness (QED) is 0.440. The van der Waals surface area contributed by atoms with Gasteiger partial charge in [0.1, 0.15) is 5.82 Å². The van der Waals surface area contributed by atoms with Crippen LogP contribution in [0.5, 0.6) is 0 Å². The molecule has 3 rings (SSSR count). The summed E-state index contributed by atoms with van der Waals surface area (Å²) in [5.41, 5.74) is 3.57. The van der Waals surface area contributed by atoms with Gasteiger partial charge < -0.3 is 15.5 Å². The molecule has 2 aromatic carbocycles. The molecule has 1 amide bonds. The molecule has 0 unspecified atom stereocenters. The van der Waals surface area contributed by atoms with Gasteiger partial charge in [0.15, 0.2) is 5.96 Å². The van der Waals surface area contributed by atoms with Crippen LogP contribution in [0.2, 0.25) is 0 Å². The number of amides is 1. The maximum Gasteiger partial charge on any atom is 0.223 e. The van der Waals surface area contributed by atoms with E-state index in [0.717, 1.165) is 31.5 Å². The van der Waals surface area contributed by atoms with Crippen molar-refractivity contribution in [2.24, 2.45) is 4.99 Å². The summed E-state index contributed by atoms with van der Waals surface area (Å²) >= 11 is 0. The van der Waals surface area contributed by atoms with Crippen molar-refractivity contribution in [3.05, 3.63) is 71.0 Å². The number of fused-ring (bicyclic) bond motifs is 1. The molecule has 1 heterocycles. The predicted octanol–water partition coefficient (Wildman–Crippen LogP) is 2.86. The van der Waals surface area contributed by atoms with Crippen LogP contribution in [0.15, 0.2) is 53.5 Å². The molecule has 0 atom stereocenters. The zero-order valence-electron chi connectivity index (χ0n) is 16.2. The minimum atomic E-state index is -0.221. The van der Waals surface area contributed by atoms with Crippen LogP contribution in [-0.4, -0.2) is 36.9 Å². The number of hydrogen-bond donors (Lipinski definition) is 2. The van der Waals surface area contributed by atoms with Crippen molar-refractivity contribution in [3.8, 4) is 0 Å². The molecule has 0 fully saturated rings. The second-order valence-electron chi connectivity index (χ2n) is 6.92. The van der Waals surface area contributed by atoms with Crippen molar-refractivity contribution < 1.29 is 9.18 Å². The van der Waals surface area contributed by atoms with E-state index in [4.69, 9.17) is 0 Å². The molecule has 148 valence electrons. The van der Waals surface area contributed by atoms with Crippen LogP contribution in [-0.2, 0) is 24.3 Å². The van der Waals surface area contributed by atoms with E-state index in [1.54, 1.807) is 19.2 Å². The van der Waals surface area contributed by atoms with Gasteiger partial charge in [-0.25, -0.2) is 4.39 Å². The monoisotopic (exact) mass is 382 g/mol. The summed E-state index contributed by atoms with van der Waals surface area (Å²) in [6, 6.07) is 14.7. The summed E-state index contributed by atoms with van der Waals surface area (Å²) in [6.45, 7) is 2.82. The van der Waals surface area contributed by atoms with Gasteiger partial charge in [0, 0.05) is 39.6 Å². The number of halogens is 1. The highest BCUT2D eigenvalue weighted by Crippen LogP contribution is 2.22. The Morgan fingerprint density at radius 1 is 1.04 bits per heavy atom. The van der Waals surface area contributed by atoms with E-state index in [9.17, 15) is 9.18 Å². The third-order valence-corrected chi connectivity index (χ3v) is 4.90. The third-order valence-electron chi connectivity index (χ3n) is 4.90. The second-order valence-corrected chi connectivity index (χ2v) is 6.92. The first-order valence-corrected chi connectivity index (χ1v) is 9.69. The van der Waals surface area contributed by atoms with Gasteiger partial charge in [-0.2, -0.15) is 0 Å². The van der Waals surface area contributed by atoms with E-state index in [0.29, 0.717) is 25.5 Å². The molecule has 28 heavy (non-hydrogen) atoms. The lowest BCUT2D eigenvalue weighted by Crippen LogP contribution is -2.39. The van der Waals surface area contributed by atoms with E-state index in [1.165, 1.54) is 23.3 Å². The van der Waals surface area contributed by atoms with E-state index in [1.807, 2.05) is 17.0 Å². The summed E-state index contributed by atoms with van der Waals surface area (Å²) in [4.78, 5) is 18.5. The first-order chi connectivity index (χ1) is 13.7. The first-order valence-electron chi connectivity index (χ1n) is 9.69. The molecular formula is C22H27FN4O. The van der Waals surface area contributed by atoms with Gasteiger partial charge in [0.2, 0.25) is 5.91 Å². The Morgan fingerprint density at radius 3 is 2.32 bits per heavy atom. The highest BCUT2D eigenvalue weighted by atomic mass is 19.1. The fraction of sp³-hybridized carbons (Fsp3) is 0.364. The number of nitrogens with one attached hydrogen (secondary N) is 2. The van der Waals surface area contributed by atoms with Gasteiger partial charge in [0.25, 0.3) is 0 Å². The van der Waals surface area contributed by atoms with Crippen molar-refractivity contribution in [1.82, 2.24) is 15.5 Å². The van der Waals surface area contributed by atoms with Crippen molar-refractivity contribution in [3.63, 3.8) is 0 Å². The summed E-state index contributed by atoms with van der Waals surface area (Å²) in [5, 5.41) is 6.47. The Bertz CT molecular complexity index is 795. The summed E-state index contributed by atoms with van der Waals surface area (Å²) in [7, 11) is 1.72. The zero-order chi connectivity index (χ0) is 19.8. The first kappa shape index (κ1) is 19.9. The molecule has 2 aromatic rings. The maximum absolute atomic E-state index is 12.9. The molecule has 0 radical (unpaired) electrons. The molecule has 5 nitrogen and oxygen atoms in total. The standard InChI is InChI=1S/C22H27FN4O/c1-24-22(26-14-12-17-8-10-20(23)11-9-17)25-13-4-7-21(28)27-15-18-5-2-3-6-19(18)16-27/h2-3,5-6,8-11H,4,7,12-16H2,1H3,(H2,24,25,26). The predicted molar refractivity (Wildman–Crippen MR) is 109 cm³/mol. The van der Waals surface area contributed by atoms with Crippen LogP contribution in [0.1, 0.15) is 29.5 Å². The average Bonchev–Trinajstić information content (AvgIpc) is 3.15. The van der Waals surface area contributed by atoms with Crippen LogP contribution in [0.25, 0.3) is 0 Å². The molecular weight excluding hydrogens is 355 g/mol. The fourth-order valence-electron chi connectivity index (χ4n) is 3.31. The van der Waals surface area contributed by atoms with Crippen LogP contribution < -0.4 is 10.6 Å². The Kier molecular flexibility index (Phi) is 7.00. The largest absolute Gasteiger partial charge is 0.356 e. The van der Waals surface area contributed by atoms with E-state index < -0.39 is 0 Å². The van der Waals surface area contributed by atoms with Crippen LogP contribution in [0.4, 0.5) is 4.39 Å². The summed E-state index contributed by atoms with van der Waals surface area (Å²) in [5.74, 6) is 0.682. The number of carbonyl (C=O) groups excluding carboxylic acids is 1. The van der Waals surface area contributed by atoms with Gasteiger partial charge in [-0.15, -0.1) is 0 Å². The molecule has 0 aromatic heterocycles. The van der Waals surface area contributed by atoms with Gasteiger partial charge in [-0.05, 0) is 41.7 Å². The molecule has 0 aliphatic carbocycles. The van der Waals surface area contributed by atoms with Gasteiger partial charge in [-0.3, -0.25) is 9.79 Å². The molecule has 0 saturated carbocycles. The minimum Gasteiger partial charge on any atom is -0.356 e. The molecule has 6 heteroatoms. The lowest BCUT2D eigenvalue weighted by atomic mass is 10.1. The topological polar surface area (TPSA) is 56.7 Å². The Hall–Kier alpha value is -2.89. The Morgan fingerprint density at radius 2 is 1.68 bits per heavy atom. The molecule has 1 aliphatic heterocycles. The SMILES string of the molecule is CN=C(NCCCC(=O)N1Cc2ccccc2C1)NCCc1ccc(F)cc1. The van der Waals surface area contributed by atoms with Crippen molar-refractivity contribution in [2.45, 2.75) is 32.4 Å². The number of guanidine groups is 1. The van der Waals surface area contributed by atoms with Crippen molar-refractivity contribution >= 4 is 11.9 Å². The molecule has 0 saturated heterocycles. The highest BCUT2D eigenvalue weighted by Gasteiger charge is 2.22. The van der Waals surface area contributed by atoms with Gasteiger partial charge >= 0.3 is 0 Å². The van der Waals surface area contributed by atoms with Gasteiger partial charge in [-0.1, -0.05) is 36.4 Å².